The fraction of sp³-hybridized carbons (Fsp3) is 0.312. The second kappa shape index (κ2) is 10.5. The van der Waals surface area contributed by atoms with Crippen LogP contribution in [-0.2, 0) is 6.54 Å². The summed E-state index contributed by atoms with van der Waals surface area (Å²) in [6.07, 6.45) is 0.827. The normalized spacial score (nSPS) is 12.4. The van der Waals surface area contributed by atoms with E-state index in [1.807, 2.05) is 31.2 Å². The number of benzene rings is 1. The van der Waals surface area contributed by atoms with Gasteiger partial charge in [0.15, 0.2) is 5.96 Å². The van der Waals surface area contributed by atoms with Gasteiger partial charge in [-0.25, -0.2) is 4.99 Å². The highest BCUT2D eigenvalue weighted by molar-refractivity contribution is 14.0. The molecule has 7 heteroatoms. The van der Waals surface area contributed by atoms with Gasteiger partial charge in [-0.2, -0.15) is 0 Å². The molecule has 23 heavy (non-hydrogen) atoms. The van der Waals surface area contributed by atoms with Gasteiger partial charge in [-0.15, -0.1) is 24.0 Å². The minimum absolute atomic E-state index is 0. The Hall–Kier alpha value is -1.25. The summed E-state index contributed by atoms with van der Waals surface area (Å²) in [6.45, 7) is 3.58. The van der Waals surface area contributed by atoms with Crippen LogP contribution in [0.2, 0.25) is 5.02 Å². The summed E-state index contributed by atoms with van der Waals surface area (Å²) in [4.78, 5) is 4.48. The van der Waals surface area contributed by atoms with Crippen molar-refractivity contribution in [2.75, 3.05) is 13.1 Å². The molecule has 0 aliphatic carbocycles. The maximum atomic E-state index is 9.99. The monoisotopic (exact) mass is 449 g/mol. The molecule has 0 aliphatic rings. The Morgan fingerprint density at radius 1 is 1.26 bits per heavy atom. The zero-order valence-corrected chi connectivity index (χ0v) is 15.9. The molecule has 0 radical (unpaired) electrons. The van der Waals surface area contributed by atoms with Gasteiger partial charge in [0.2, 0.25) is 0 Å². The predicted octanol–water partition coefficient (Wildman–Crippen LogP) is 3.34. The number of hydrogen-bond acceptors (Lipinski definition) is 3. The largest absolute Gasteiger partial charge is 0.467 e. The first kappa shape index (κ1) is 19.8. The van der Waals surface area contributed by atoms with Crippen LogP contribution in [0.4, 0.5) is 0 Å². The van der Waals surface area contributed by atoms with Gasteiger partial charge < -0.3 is 20.2 Å². The number of hydrogen-bond donors (Lipinski definition) is 3. The van der Waals surface area contributed by atoms with Gasteiger partial charge in [0.05, 0.1) is 19.4 Å². The number of nitrogens with zero attached hydrogens (tertiary/aromatic N) is 1. The number of aliphatic hydroxyl groups excluding tert-OH is 1. The second-order valence-electron chi connectivity index (χ2n) is 4.73. The van der Waals surface area contributed by atoms with Gasteiger partial charge in [0.1, 0.15) is 11.9 Å². The summed E-state index contributed by atoms with van der Waals surface area (Å²) in [5.41, 5.74) is 1.06. The van der Waals surface area contributed by atoms with Crippen LogP contribution in [-0.4, -0.2) is 24.2 Å². The van der Waals surface area contributed by atoms with Gasteiger partial charge >= 0.3 is 0 Å². The molecule has 5 nitrogen and oxygen atoms in total. The Kier molecular flexibility index (Phi) is 9.05. The topological polar surface area (TPSA) is 69.8 Å². The Balaban J connectivity index is 0.00000264. The molecule has 1 unspecified atom stereocenters. The molecular formula is C16H21ClIN3O2. The molecule has 1 aromatic carbocycles. The van der Waals surface area contributed by atoms with E-state index < -0.39 is 6.10 Å². The van der Waals surface area contributed by atoms with Gasteiger partial charge in [-0.1, -0.05) is 23.7 Å². The highest BCUT2D eigenvalue weighted by Crippen LogP contribution is 2.12. The third-order valence-electron chi connectivity index (χ3n) is 3.01. The number of aliphatic imine (C=N–C) groups is 1. The molecule has 0 spiro atoms. The molecule has 1 atom stereocenters. The standard InChI is InChI=1S/C16H20ClN3O2.HI/c1-2-18-16(19-10-12-5-7-13(17)8-6-12)20-11-14(21)15-4-3-9-22-15;/h3-9,14,21H,2,10-11H2,1H3,(H2,18,19,20);1H. The Morgan fingerprint density at radius 3 is 2.61 bits per heavy atom. The molecule has 2 aromatic rings. The zero-order valence-electron chi connectivity index (χ0n) is 12.8. The highest BCUT2D eigenvalue weighted by Gasteiger charge is 2.10. The SMILES string of the molecule is CCNC(=NCc1ccc(Cl)cc1)NCC(O)c1ccco1.I. The fourth-order valence-corrected chi connectivity index (χ4v) is 2.00. The lowest BCUT2D eigenvalue weighted by atomic mass is 10.2. The molecule has 0 amide bonds. The van der Waals surface area contributed by atoms with Crippen LogP contribution >= 0.6 is 35.6 Å². The van der Waals surface area contributed by atoms with Crippen LogP contribution in [0, 0.1) is 0 Å². The summed E-state index contributed by atoms with van der Waals surface area (Å²) >= 11 is 5.86. The van der Waals surface area contributed by atoms with E-state index in [9.17, 15) is 5.11 Å². The highest BCUT2D eigenvalue weighted by atomic mass is 127. The van der Waals surface area contributed by atoms with Crippen LogP contribution in [0.1, 0.15) is 24.4 Å². The van der Waals surface area contributed by atoms with Gasteiger partial charge in [-0.3, -0.25) is 0 Å². The van der Waals surface area contributed by atoms with Crippen molar-refractivity contribution < 1.29 is 9.52 Å². The molecule has 0 saturated heterocycles. The molecule has 3 N–H and O–H groups in total. The molecule has 126 valence electrons. The van der Waals surface area contributed by atoms with Crippen molar-refractivity contribution in [3.63, 3.8) is 0 Å². The van der Waals surface area contributed by atoms with E-state index in [0.29, 0.717) is 29.8 Å². The van der Waals surface area contributed by atoms with Crippen molar-refractivity contribution in [3.05, 3.63) is 59.0 Å². The van der Waals surface area contributed by atoms with E-state index in [0.717, 1.165) is 12.1 Å². The van der Waals surface area contributed by atoms with Crippen molar-refractivity contribution in [2.24, 2.45) is 4.99 Å². The first-order valence-corrected chi connectivity index (χ1v) is 7.55. The summed E-state index contributed by atoms with van der Waals surface area (Å²) in [5.74, 6) is 1.17. The molecule has 0 bridgehead atoms. The van der Waals surface area contributed by atoms with Crippen LogP contribution < -0.4 is 10.6 Å². The van der Waals surface area contributed by atoms with Crippen LogP contribution in [0.3, 0.4) is 0 Å². The lowest BCUT2D eigenvalue weighted by Crippen LogP contribution is -2.39. The second-order valence-corrected chi connectivity index (χ2v) is 5.17. The lowest BCUT2D eigenvalue weighted by molar-refractivity contribution is 0.153. The molecular weight excluding hydrogens is 429 g/mol. The van der Waals surface area contributed by atoms with Crippen LogP contribution in [0.5, 0.6) is 0 Å². The Labute approximate surface area is 158 Å². The number of halogens is 2. The van der Waals surface area contributed by atoms with Gasteiger partial charge in [0.25, 0.3) is 0 Å². The number of aliphatic hydroxyl groups is 1. The van der Waals surface area contributed by atoms with Crippen molar-refractivity contribution in [2.45, 2.75) is 19.6 Å². The van der Waals surface area contributed by atoms with Gasteiger partial charge in [0, 0.05) is 11.6 Å². The zero-order chi connectivity index (χ0) is 15.8. The summed E-state index contributed by atoms with van der Waals surface area (Å²) in [7, 11) is 0. The summed E-state index contributed by atoms with van der Waals surface area (Å²) < 4.78 is 5.17. The van der Waals surface area contributed by atoms with Crippen LogP contribution in [0.25, 0.3) is 0 Å². The Bertz CT molecular complexity index is 588. The molecule has 2 rings (SSSR count). The van der Waals surface area contributed by atoms with Crippen molar-refractivity contribution >= 4 is 41.5 Å². The van der Waals surface area contributed by atoms with E-state index in [1.165, 1.54) is 0 Å². The van der Waals surface area contributed by atoms with E-state index in [-0.39, 0.29) is 24.0 Å². The maximum Gasteiger partial charge on any atom is 0.191 e. The lowest BCUT2D eigenvalue weighted by Gasteiger charge is -2.14. The number of guanidine groups is 1. The molecule has 1 aromatic heterocycles. The van der Waals surface area contributed by atoms with E-state index >= 15 is 0 Å². The Morgan fingerprint density at radius 2 is 2.00 bits per heavy atom. The van der Waals surface area contributed by atoms with Crippen molar-refractivity contribution in [1.29, 1.82) is 0 Å². The third-order valence-corrected chi connectivity index (χ3v) is 3.26. The van der Waals surface area contributed by atoms with Gasteiger partial charge in [-0.05, 0) is 36.8 Å². The number of rotatable bonds is 6. The minimum Gasteiger partial charge on any atom is -0.467 e. The van der Waals surface area contributed by atoms with E-state index in [4.69, 9.17) is 16.0 Å². The summed E-state index contributed by atoms with van der Waals surface area (Å²) in [6, 6.07) is 11.0. The van der Waals surface area contributed by atoms with E-state index in [1.54, 1.807) is 18.4 Å². The quantitative estimate of drug-likeness (QED) is 0.359. The predicted molar refractivity (Wildman–Crippen MR) is 103 cm³/mol. The molecule has 1 heterocycles. The number of furan rings is 1. The number of nitrogens with one attached hydrogen (secondary N) is 2. The average Bonchev–Trinajstić information content (AvgIpc) is 3.06. The molecule has 0 saturated carbocycles. The maximum absolute atomic E-state index is 9.99. The summed E-state index contributed by atoms with van der Waals surface area (Å²) in [5, 5.41) is 16.9. The smallest absolute Gasteiger partial charge is 0.191 e. The third kappa shape index (κ3) is 6.80. The average molecular weight is 450 g/mol. The molecule has 0 aliphatic heterocycles. The first-order valence-electron chi connectivity index (χ1n) is 7.17. The molecule has 0 fully saturated rings. The minimum atomic E-state index is -0.714. The van der Waals surface area contributed by atoms with Crippen molar-refractivity contribution in [1.82, 2.24) is 10.6 Å². The van der Waals surface area contributed by atoms with Crippen LogP contribution in [0.15, 0.2) is 52.1 Å². The van der Waals surface area contributed by atoms with E-state index in [2.05, 4.69) is 15.6 Å². The first-order chi connectivity index (χ1) is 10.7. The fourth-order valence-electron chi connectivity index (χ4n) is 1.88. The van der Waals surface area contributed by atoms with Crippen molar-refractivity contribution in [3.8, 4) is 0 Å².